The molecule has 0 aromatic heterocycles. The molecule has 0 bridgehead atoms. The summed E-state index contributed by atoms with van der Waals surface area (Å²) in [6, 6.07) is 0.707. The first-order chi connectivity index (χ1) is 9.68. The molecule has 20 heavy (non-hydrogen) atoms. The van der Waals surface area contributed by atoms with Crippen LogP contribution in [0.25, 0.3) is 0 Å². The van der Waals surface area contributed by atoms with Crippen LogP contribution in [-0.4, -0.2) is 80.3 Å². The van der Waals surface area contributed by atoms with Crippen LogP contribution < -0.4 is 5.32 Å². The molecule has 2 heterocycles. The standard InChI is InChI=1S/C13H26N4O2S/c18-20(19,16-7-5-14-6-8-16)17-11-9-15(10-12-17)13-3-1-2-4-13/h13-14H,1-12H2. The van der Waals surface area contributed by atoms with E-state index in [0.29, 0.717) is 32.2 Å². The summed E-state index contributed by atoms with van der Waals surface area (Å²) in [5, 5.41) is 3.20. The van der Waals surface area contributed by atoms with Crippen molar-refractivity contribution in [3.05, 3.63) is 0 Å². The first kappa shape index (κ1) is 14.7. The smallest absolute Gasteiger partial charge is 0.282 e. The molecule has 7 heteroatoms. The molecule has 3 fully saturated rings. The van der Waals surface area contributed by atoms with Crippen LogP contribution >= 0.6 is 0 Å². The van der Waals surface area contributed by atoms with E-state index in [1.165, 1.54) is 25.7 Å². The summed E-state index contributed by atoms with van der Waals surface area (Å²) >= 11 is 0. The van der Waals surface area contributed by atoms with Gasteiger partial charge in [0.15, 0.2) is 0 Å². The third-order valence-corrected chi connectivity index (χ3v) is 6.88. The number of piperazine rings is 2. The average molecular weight is 302 g/mol. The van der Waals surface area contributed by atoms with Crippen LogP contribution in [0.2, 0.25) is 0 Å². The number of nitrogens with one attached hydrogen (secondary N) is 1. The maximum Gasteiger partial charge on any atom is 0.282 e. The molecule has 3 rings (SSSR count). The van der Waals surface area contributed by atoms with E-state index in [9.17, 15) is 8.42 Å². The van der Waals surface area contributed by atoms with Crippen molar-refractivity contribution >= 4 is 10.2 Å². The number of hydrogen-bond donors (Lipinski definition) is 1. The molecule has 1 aliphatic carbocycles. The lowest BCUT2D eigenvalue weighted by Gasteiger charge is -2.39. The van der Waals surface area contributed by atoms with Crippen molar-refractivity contribution in [1.82, 2.24) is 18.8 Å². The molecular formula is C13H26N4O2S. The van der Waals surface area contributed by atoms with Crippen molar-refractivity contribution in [3.8, 4) is 0 Å². The Bertz CT molecular complexity index is 408. The summed E-state index contributed by atoms with van der Waals surface area (Å²) < 4.78 is 28.5. The monoisotopic (exact) mass is 302 g/mol. The lowest BCUT2D eigenvalue weighted by molar-refractivity contribution is 0.134. The SMILES string of the molecule is O=S(=O)(N1CCNCC1)N1CCN(C2CCCC2)CC1. The molecule has 0 atom stereocenters. The van der Waals surface area contributed by atoms with Gasteiger partial charge in [-0.3, -0.25) is 4.90 Å². The van der Waals surface area contributed by atoms with Gasteiger partial charge in [-0.1, -0.05) is 12.8 Å². The van der Waals surface area contributed by atoms with Crippen LogP contribution in [0.3, 0.4) is 0 Å². The zero-order valence-corrected chi connectivity index (χ0v) is 12.9. The second-order valence-electron chi connectivity index (χ2n) is 6.03. The molecule has 0 aromatic carbocycles. The van der Waals surface area contributed by atoms with Gasteiger partial charge in [0.1, 0.15) is 0 Å². The minimum absolute atomic E-state index is 0.602. The van der Waals surface area contributed by atoms with Gasteiger partial charge in [0.05, 0.1) is 0 Å². The van der Waals surface area contributed by atoms with Crippen LogP contribution in [0.1, 0.15) is 25.7 Å². The highest BCUT2D eigenvalue weighted by atomic mass is 32.2. The lowest BCUT2D eigenvalue weighted by atomic mass is 10.2. The molecule has 1 N–H and O–H groups in total. The number of rotatable bonds is 3. The Kier molecular flexibility index (Phi) is 4.62. The highest BCUT2D eigenvalue weighted by Gasteiger charge is 2.34. The van der Waals surface area contributed by atoms with Crippen LogP contribution in [0.15, 0.2) is 0 Å². The van der Waals surface area contributed by atoms with E-state index in [1.54, 1.807) is 8.61 Å². The van der Waals surface area contributed by atoms with Crippen molar-refractivity contribution in [2.24, 2.45) is 0 Å². The third-order valence-electron chi connectivity index (χ3n) is 4.84. The van der Waals surface area contributed by atoms with E-state index in [2.05, 4.69) is 10.2 Å². The summed E-state index contributed by atoms with van der Waals surface area (Å²) in [6.07, 6.45) is 5.27. The molecule has 0 spiro atoms. The van der Waals surface area contributed by atoms with Gasteiger partial charge in [-0.25, -0.2) is 0 Å². The molecule has 2 saturated heterocycles. The summed E-state index contributed by atoms with van der Waals surface area (Å²) in [6.45, 7) is 5.84. The molecule has 3 aliphatic rings. The molecule has 2 aliphatic heterocycles. The van der Waals surface area contributed by atoms with Gasteiger partial charge in [0, 0.05) is 58.4 Å². The topological polar surface area (TPSA) is 55.9 Å². The predicted molar refractivity (Wildman–Crippen MR) is 78.8 cm³/mol. The Labute approximate surface area is 122 Å². The van der Waals surface area contributed by atoms with Crippen LogP contribution in [0.4, 0.5) is 0 Å². The van der Waals surface area contributed by atoms with Crippen LogP contribution in [0, 0.1) is 0 Å². The second-order valence-corrected chi connectivity index (χ2v) is 7.96. The van der Waals surface area contributed by atoms with Crippen molar-refractivity contribution in [2.45, 2.75) is 31.7 Å². The van der Waals surface area contributed by atoms with Crippen molar-refractivity contribution in [2.75, 3.05) is 52.4 Å². The first-order valence-corrected chi connectivity index (χ1v) is 9.27. The minimum atomic E-state index is -3.23. The van der Waals surface area contributed by atoms with Gasteiger partial charge in [-0.05, 0) is 12.8 Å². The molecule has 0 radical (unpaired) electrons. The maximum absolute atomic E-state index is 12.6. The highest BCUT2D eigenvalue weighted by Crippen LogP contribution is 2.25. The molecular weight excluding hydrogens is 276 g/mol. The van der Waals surface area contributed by atoms with Gasteiger partial charge in [0.25, 0.3) is 10.2 Å². The Hall–Kier alpha value is -0.210. The van der Waals surface area contributed by atoms with E-state index >= 15 is 0 Å². The Morgan fingerprint density at radius 3 is 1.95 bits per heavy atom. The zero-order chi connectivity index (χ0) is 14.0. The fourth-order valence-corrected chi connectivity index (χ4v) is 5.20. The molecule has 0 amide bonds. The first-order valence-electron chi connectivity index (χ1n) is 7.88. The van der Waals surface area contributed by atoms with E-state index in [-0.39, 0.29) is 0 Å². The van der Waals surface area contributed by atoms with Gasteiger partial charge in [0.2, 0.25) is 0 Å². The van der Waals surface area contributed by atoms with E-state index in [4.69, 9.17) is 0 Å². The average Bonchev–Trinajstić information content (AvgIpc) is 3.02. The lowest BCUT2D eigenvalue weighted by Crippen LogP contribution is -2.57. The predicted octanol–water partition coefficient (Wildman–Crippen LogP) is -0.303. The molecule has 6 nitrogen and oxygen atoms in total. The van der Waals surface area contributed by atoms with E-state index < -0.39 is 10.2 Å². The third kappa shape index (κ3) is 3.01. The second kappa shape index (κ2) is 6.27. The quantitative estimate of drug-likeness (QED) is 0.777. The summed E-state index contributed by atoms with van der Waals surface area (Å²) in [5.74, 6) is 0. The number of nitrogens with zero attached hydrogens (tertiary/aromatic N) is 3. The summed E-state index contributed by atoms with van der Waals surface area (Å²) in [4.78, 5) is 2.50. The van der Waals surface area contributed by atoms with Gasteiger partial charge >= 0.3 is 0 Å². The Morgan fingerprint density at radius 2 is 1.35 bits per heavy atom. The van der Waals surface area contributed by atoms with Crippen LogP contribution in [-0.2, 0) is 10.2 Å². The molecule has 1 saturated carbocycles. The highest BCUT2D eigenvalue weighted by molar-refractivity contribution is 7.86. The molecule has 0 aromatic rings. The summed E-state index contributed by atoms with van der Waals surface area (Å²) in [5.41, 5.74) is 0. The zero-order valence-electron chi connectivity index (χ0n) is 12.1. The van der Waals surface area contributed by atoms with Crippen molar-refractivity contribution in [3.63, 3.8) is 0 Å². The van der Waals surface area contributed by atoms with Crippen molar-refractivity contribution < 1.29 is 8.42 Å². The Morgan fingerprint density at radius 1 is 0.800 bits per heavy atom. The van der Waals surface area contributed by atoms with Gasteiger partial charge in [-0.2, -0.15) is 17.0 Å². The summed E-state index contributed by atoms with van der Waals surface area (Å²) in [7, 11) is -3.23. The minimum Gasteiger partial charge on any atom is -0.314 e. The largest absolute Gasteiger partial charge is 0.314 e. The molecule has 116 valence electrons. The van der Waals surface area contributed by atoms with Crippen molar-refractivity contribution in [1.29, 1.82) is 0 Å². The normalized spacial score (nSPS) is 29.0. The maximum atomic E-state index is 12.6. The van der Waals surface area contributed by atoms with E-state index in [1.807, 2.05) is 0 Å². The fourth-order valence-electron chi connectivity index (χ4n) is 3.61. The Balaban J connectivity index is 1.56. The van der Waals surface area contributed by atoms with E-state index in [0.717, 1.165) is 26.2 Å². The molecule has 0 unspecified atom stereocenters. The van der Waals surface area contributed by atoms with Gasteiger partial charge < -0.3 is 5.32 Å². The van der Waals surface area contributed by atoms with Gasteiger partial charge in [-0.15, -0.1) is 0 Å². The van der Waals surface area contributed by atoms with Crippen LogP contribution in [0.5, 0.6) is 0 Å². The fraction of sp³-hybridized carbons (Fsp3) is 1.00. The number of hydrogen-bond acceptors (Lipinski definition) is 4.